The summed E-state index contributed by atoms with van der Waals surface area (Å²) < 4.78 is 11.6. The maximum Gasteiger partial charge on any atom is 0.111 e. The molecule has 0 spiro atoms. The van der Waals surface area contributed by atoms with E-state index in [1.807, 2.05) is 42.5 Å². The zero-order chi connectivity index (χ0) is 14.6. The van der Waals surface area contributed by atoms with E-state index in [1.165, 1.54) is 0 Å². The van der Waals surface area contributed by atoms with Crippen molar-refractivity contribution in [3.63, 3.8) is 0 Å². The van der Waals surface area contributed by atoms with Crippen molar-refractivity contribution in [2.75, 3.05) is 6.61 Å². The molecule has 110 valence electrons. The second kappa shape index (κ2) is 6.53. The first kappa shape index (κ1) is 15.2. The molecule has 0 aromatic heterocycles. The second-order valence-electron chi connectivity index (χ2n) is 6.34. The molecule has 1 N–H and O–H groups in total. The molecule has 1 aromatic rings. The molecule has 0 saturated heterocycles. The van der Waals surface area contributed by atoms with E-state index in [0.717, 1.165) is 5.56 Å². The van der Waals surface area contributed by atoms with E-state index < -0.39 is 6.10 Å². The summed E-state index contributed by atoms with van der Waals surface area (Å²) in [5.41, 5.74) is 1.15. The summed E-state index contributed by atoms with van der Waals surface area (Å²) in [6.07, 6.45) is 2.88. The van der Waals surface area contributed by atoms with E-state index in [0.29, 0.717) is 13.2 Å². The SMILES string of the molecule is CC(C)(C)[C@H]1C=C[C@@H](O)[C@@H](COCc2ccccc2)O1. The fourth-order valence-corrected chi connectivity index (χ4v) is 2.15. The van der Waals surface area contributed by atoms with Gasteiger partial charge in [0.25, 0.3) is 0 Å². The van der Waals surface area contributed by atoms with E-state index in [9.17, 15) is 5.11 Å². The zero-order valence-electron chi connectivity index (χ0n) is 12.5. The molecular formula is C17H24O3. The fourth-order valence-electron chi connectivity index (χ4n) is 2.15. The third-order valence-electron chi connectivity index (χ3n) is 3.43. The van der Waals surface area contributed by atoms with Crippen LogP contribution < -0.4 is 0 Å². The van der Waals surface area contributed by atoms with Crippen LogP contribution in [-0.4, -0.2) is 30.0 Å². The first-order chi connectivity index (χ1) is 9.47. The number of ether oxygens (including phenoxy) is 2. The predicted octanol–water partition coefficient (Wildman–Crippen LogP) is 2.93. The molecule has 1 aromatic carbocycles. The molecule has 20 heavy (non-hydrogen) atoms. The fraction of sp³-hybridized carbons (Fsp3) is 0.529. The number of aliphatic hydroxyl groups excluding tert-OH is 1. The van der Waals surface area contributed by atoms with Gasteiger partial charge in [0.1, 0.15) is 12.2 Å². The van der Waals surface area contributed by atoms with Gasteiger partial charge >= 0.3 is 0 Å². The van der Waals surface area contributed by atoms with Gasteiger partial charge in [-0.25, -0.2) is 0 Å². The molecule has 0 radical (unpaired) electrons. The molecular weight excluding hydrogens is 252 g/mol. The van der Waals surface area contributed by atoms with E-state index in [-0.39, 0.29) is 17.6 Å². The van der Waals surface area contributed by atoms with Crippen LogP contribution in [0.1, 0.15) is 26.3 Å². The van der Waals surface area contributed by atoms with Crippen molar-refractivity contribution in [2.45, 2.75) is 45.7 Å². The lowest BCUT2D eigenvalue weighted by Gasteiger charge is -2.36. The predicted molar refractivity (Wildman–Crippen MR) is 79.4 cm³/mol. The minimum Gasteiger partial charge on any atom is -0.386 e. The Hall–Kier alpha value is -1.16. The van der Waals surface area contributed by atoms with Gasteiger partial charge in [0.05, 0.1) is 19.3 Å². The summed E-state index contributed by atoms with van der Waals surface area (Å²) in [4.78, 5) is 0. The first-order valence-electron chi connectivity index (χ1n) is 7.10. The Kier molecular flexibility index (Phi) is 4.97. The lowest BCUT2D eigenvalue weighted by molar-refractivity contribution is -0.121. The maximum atomic E-state index is 9.96. The van der Waals surface area contributed by atoms with Gasteiger partial charge in [-0.05, 0) is 11.0 Å². The van der Waals surface area contributed by atoms with Crippen molar-refractivity contribution in [2.24, 2.45) is 5.41 Å². The quantitative estimate of drug-likeness (QED) is 0.859. The van der Waals surface area contributed by atoms with Crippen LogP contribution in [0.25, 0.3) is 0 Å². The Labute approximate surface area is 121 Å². The van der Waals surface area contributed by atoms with E-state index in [1.54, 1.807) is 0 Å². The molecule has 0 aliphatic carbocycles. The van der Waals surface area contributed by atoms with Crippen LogP contribution in [0.15, 0.2) is 42.5 Å². The number of benzene rings is 1. The molecule has 0 amide bonds. The lowest BCUT2D eigenvalue weighted by Crippen LogP contribution is -2.43. The van der Waals surface area contributed by atoms with Crippen LogP contribution in [0.5, 0.6) is 0 Å². The highest BCUT2D eigenvalue weighted by molar-refractivity contribution is 5.13. The number of rotatable bonds is 4. The van der Waals surface area contributed by atoms with Crippen LogP contribution in [0.3, 0.4) is 0 Å². The summed E-state index contributed by atoms with van der Waals surface area (Å²) in [6.45, 7) is 7.31. The third kappa shape index (κ3) is 4.17. The van der Waals surface area contributed by atoms with Crippen LogP contribution in [0.2, 0.25) is 0 Å². The minimum atomic E-state index is -0.593. The van der Waals surface area contributed by atoms with Gasteiger partial charge in [-0.3, -0.25) is 0 Å². The van der Waals surface area contributed by atoms with E-state index in [4.69, 9.17) is 9.47 Å². The van der Waals surface area contributed by atoms with Gasteiger partial charge in [0.15, 0.2) is 0 Å². The third-order valence-corrected chi connectivity index (χ3v) is 3.43. The van der Waals surface area contributed by atoms with Crippen LogP contribution in [0, 0.1) is 5.41 Å². The molecule has 0 bridgehead atoms. The average Bonchev–Trinajstić information content (AvgIpc) is 2.41. The van der Waals surface area contributed by atoms with Crippen molar-refractivity contribution < 1.29 is 14.6 Å². The lowest BCUT2D eigenvalue weighted by atomic mass is 9.87. The van der Waals surface area contributed by atoms with Crippen LogP contribution in [0.4, 0.5) is 0 Å². The summed E-state index contributed by atoms with van der Waals surface area (Å²) in [7, 11) is 0. The Balaban J connectivity index is 1.85. The molecule has 1 aliphatic heterocycles. The monoisotopic (exact) mass is 276 g/mol. The van der Waals surface area contributed by atoms with Gasteiger partial charge in [-0.2, -0.15) is 0 Å². The van der Waals surface area contributed by atoms with Gasteiger partial charge < -0.3 is 14.6 Å². The highest BCUT2D eigenvalue weighted by atomic mass is 16.5. The minimum absolute atomic E-state index is 0.0104. The van der Waals surface area contributed by atoms with Crippen molar-refractivity contribution in [3.05, 3.63) is 48.0 Å². The Morgan fingerprint density at radius 3 is 2.50 bits per heavy atom. The summed E-state index contributed by atoms with van der Waals surface area (Å²) >= 11 is 0. The summed E-state index contributed by atoms with van der Waals surface area (Å²) in [5, 5.41) is 9.96. The van der Waals surface area contributed by atoms with E-state index >= 15 is 0 Å². The van der Waals surface area contributed by atoms with Crippen LogP contribution in [-0.2, 0) is 16.1 Å². The molecule has 3 atom stereocenters. The summed E-state index contributed by atoms with van der Waals surface area (Å²) in [6, 6.07) is 10.0. The Morgan fingerprint density at radius 2 is 1.85 bits per heavy atom. The van der Waals surface area contributed by atoms with Crippen LogP contribution >= 0.6 is 0 Å². The molecule has 0 fully saturated rings. The van der Waals surface area contributed by atoms with Crippen molar-refractivity contribution in [1.82, 2.24) is 0 Å². The topological polar surface area (TPSA) is 38.7 Å². The molecule has 3 nitrogen and oxygen atoms in total. The normalized spacial score (nSPS) is 26.7. The number of aliphatic hydroxyl groups is 1. The highest BCUT2D eigenvalue weighted by Crippen LogP contribution is 2.28. The van der Waals surface area contributed by atoms with Crippen molar-refractivity contribution >= 4 is 0 Å². The average molecular weight is 276 g/mol. The Bertz CT molecular complexity index is 433. The molecule has 3 heteroatoms. The molecule has 0 saturated carbocycles. The standard InChI is InChI=1S/C17H24O3/c1-17(2,3)16-10-9-14(18)15(20-16)12-19-11-13-7-5-4-6-8-13/h4-10,14-16,18H,11-12H2,1-3H3/t14-,15-,16-/m1/s1. The second-order valence-corrected chi connectivity index (χ2v) is 6.34. The van der Waals surface area contributed by atoms with E-state index in [2.05, 4.69) is 20.8 Å². The van der Waals surface area contributed by atoms with Gasteiger partial charge in [-0.1, -0.05) is 63.3 Å². The summed E-state index contributed by atoms with van der Waals surface area (Å²) in [5.74, 6) is 0. The van der Waals surface area contributed by atoms with Gasteiger partial charge in [0, 0.05) is 0 Å². The molecule has 1 heterocycles. The number of hydrogen-bond donors (Lipinski definition) is 1. The maximum absolute atomic E-state index is 9.96. The first-order valence-corrected chi connectivity index (χ1v) is 7.10. The highest BCUT2D eigenvalue weighted by Gasteiger charge is 2.32. The molecule has 0 unspecified atom stereocenters. The van der Waals surface area contributed by atoms with Crippen molar-refractivity contribution in [3.8, 4) is 0 Å². The molecule has 2 rings (SSSR count). The Morgan fingerprint density at radius 1 is 1.15 bits per heavy atom. The number of hydrogen-bond acceptors (Lipinski definition) is 3. The van der Waals surface area contributed by atoms with Gasteiger partial charge in [0.2, 0.25) is 0 Å². The molecule has 1 aliphatic rings. The zero-order valence-corrected chi connectivity index (χ0v) is 12.5. The smallest absolute Gasteiger partial charge is 0.111 e. The largest absolute Gasteiger partial charge is 0.386 e. The van der Waals surface area contributed by atoms with Crippen molar-refractivity contribution in [1.29, 1.82) is 0 Å². The van der Waals surface area contributed by atoms with Gasteiger partial charge in [-0.15, -0.1) is 0 Å².